The van der Waals surface area contributed by atoms with Gasteiger partial charge in [-0.3, -0.25) is 4.99 Å². The summed E-state index contributed by atoms with van der Waals surface area (Å²) in [6, 6.07) is 21.3. The number of guanidine groups is 1. The Hall–Kier alpha value is -3.15. The number of benzene rings is 2. The lowest BCUT2D eigenvalue weighted by Gasteiger charge is -2.17. The number of unbranched alkanes of at least 4 members (excludes halogenated alkanes) is 1. The fourth-order valence-corrected chi connectivity index (χ4v) is 3.42. The van der Waals surface area contributed by atoms with E-state index in [0.717, 1.165) is 51.4 Å². The van der Waals surface area contributed by atoms with Gasteiger partial charge in [-0.15, -0.1) is 10.2 Å². The molecule has 0 aliphatic carbocycles. The van der Waals surface area contributed by atoms with Crippen LogP contribution in [0.15, 0.2) is 78.3 Å². The molecule has 3 rings (SSSR count). The Labute approximate surface area is 179 Å². The molecule has 2 aromatic carbocycles. The van der Waals surface area contributed by atoms with Crippen LogP contribution in [0, 0.1) is 0 Å². The maximum atomic E-state index is 4.90. The van der Waals surface area contributed by atoms with Crippen molar-refractivity contribution in [3.63, 3.8) is 0 Å². The number of aliphatic imine (C=N–C) groups is 1. The molecule has 1 atom stereocenters. The molecule has 1 unspecified atom stereocenters. The van der Waals surface area contributed by atoms with Gasteiger partial charge in [-0.1, -0.05) is 60.7 Å². The molecule has 0 amide bonds. The van der Waals surface area contributed by atoms with Gasteiger partial charge in [0.1, 0.15) is 12.7 Å². The molecule has 0 saturated carbocycles. The van der Waals surface area contributed by atoms with Crippen LogP contribution in [-0.2, 0) is 13.0 Å². The number of aryl methyl sites for hydroxylation is 1. The van der Waals surface area contributed by atoms with E-state index >= 15 is 0 Å². The van der Waals surface area contributed by atoms with Gasteiger partial charge in [0.15, 0.2) is 5.96 Å². The van der Waals surface area contributed by atoms with E-state index in [9.17, 15) is 0 Å². The Morgan fingerprint density at radius 2 is 1.63 bits per heavy atom. The van der Waals surface area contributed by atoms with Crippen molar-refractivity contribution in [1.82, 2.24) is 25.4 Å². The second-order valence-corrected chi connectivity index (χ2v) is 7.35. The fourth-order valence-electron chi connectivity index (χ4n) is 3.42. The predicted octanol–water partition coefficient (Wildman–Crippen LogP) is 3.64. The number of nitrogens with one attached hydrogen (secondary N) is 2. The highest BCUT2D eigenvalue weighted by molar-refractivity contribution is 5.79. The van der Waals surface area contributed by atoms with Gasteiger partial charge in [-0.2, -0.15) is 0 Å². The van der Waals surface area contributed by atoms with Crippen molar-refractivity contribution in [3.8, 4) is 0 Å². The van der Waals surface area contributed by atoms with E-state index < -0.39 is 0 Å². The molecule has 6 heteroatoms. The average Bonchev–Trinajstić information content (AvgIpc) is 3.31. The smallest absolute Gasteiger partial charge is 0.191 e. The summed E-state index contributed by atoms with van der Waals surface area (Å²) in [4.78, 5) is 4.90. The van der Waals surface area contributed by atoms with Gasteiger partial charge in [0.05, 0.1) is 0 Å². The lowest BCUT2D eigenvalue weighted by Crippen LogP contribution is -2.38. The summed E-state index contributed by atoms with van der Waals surface area (Å²) < 4.78 is 2.01. The monoisotopic (exact) mass is 404 g/mol. The second kappa shape index (κ2) is 12.4. The van der Waals surface area contributed by atoms with Gasteiger partial charge in [0, 0.05) is 32.1 Å². The fraction of sp³-hybridized carbons (Fsp3) is 0.375. The van der Waals surface area contributed by atoms with Gasteiger partial charge in [0.2, 0.25) is 0 Å². The third kappa shape index (κ3) is 7.35. The standard InChI is InChI=1S/C24H32N6/c1-2-25-24(26-15-9-10-16-30-19-28-29-20-30)27-18-23(22-13-7-4-8-14-22)17-21-11-5-3-6-12-21/h3-8,11-14,19-20,23H,2,9-10,15-18H2,1H3,(H2,25,26,27). The van der Waals surface area contributed by atoms with Gasteiger partial charge >= 0.3 is 0 Å². The zero-order chi connectivity index (χ0) is 20.9. The highest BCUT2D eigenvalue weighted by atomic mass is 15.2. The molecule has 0 aliphatic rings. The minimum absolute atomic E-state index is 0.345. The Morgan fingerprint density at radius 1 is 0.933 bits per heavy atom. The van der Waals surface area contributed by atoms with Crippen LogP contribution in [-0.4, -0.2) is 40.4 Å². The van der Waals surface area contributed by atoms with Crippen LogP contribution in [0.3, 0.4) is 0 Å². The second-order valence-electron chi connectivity index (χ2n) is 7.35. The number of rotatable bonds is 11. The van der Waals surface area contributed by atoms with Crippen LogP contribution in [0.1, 0.15) is 36.8 Å². The maximum Gasteiger partial charge on any atom is 0.191 e. The maximum absolute atomic E-state index is 4.90. The van der Waals surface area contributed by atoms with Crippen molar-refractivity contribution in [2.45, 2.75) is 38.6 Å². The summed E-state index contributed by atoms with van der Waals surface area (Å²) in [5, 5.41) is 14.5. The quantitative estimate of drug-likeness (QED) is 0.291. The third-order valence-electron chi connectivity index (χ3n) is 5.01. The van der Waals surface area contributed by atoms with Crippen molar-refractivity contribution < 1.29 is 0 Å². The zero-order valence-electron chi connectivity index (χ0n) is 17.7. The molecule has 0 radical (unpaired) electrons. The Kier molecular flexibility index (Phi) is 8.92. The average molecular weight is 405 g/mol. The van der Waals surface area contributed by atoms with E-state index in [2.05, 4.69) is 88.4 Å². The first-order valence-corrected chi connectivity index (χ1v) is 10.8. The Balaban J connectivity index is 1.56. The topological polar surface area (TPSA) is 67.1 Å². The number of hydrogen-bond acceptors (Lipinski definition) is 3. The van der Waals surface area contributed by atoms with Crippen LogP contribution < -0.4 is 10.6 Å². The number of aromatic nitrogens is 3. The van der Waals surface area contributed by atoms with Crippen molar-refractivity contribution in [1.29, 1.82) is 0 Å². The normalized spacial score (nSPS) is 12.5. The molecule has 158 valence electrons. The van der Waals surface area contributed by atoms with Gasteiger partial charge in [-0.25, -0.2) is 0 Å². The predicted molar refractivity (Wildman–Crippen MR) is 123 cm³/mol. The summed E-state index contributed by atoms with van der Waals surface area (Å²) >= 11 is 0. The highest BCUT2D eigenvalue weighted by Crippen LogP contribution is 2.21. The van der Waals surface area contributed by atoms with Crippen molar-refractivity contribution in [3.05, 3.63) is 84.4 Å². The molecule has 0 aliphatic heterocycles. The summed E-state index contributed by atoms with van der Waals surface area (Å²) in [7, 11) is 0. The van der Waals surface area contributed by atoms with Crippen LogP contribution in [0.5, 0.6) is 0 Å². The lowest BCUT2D eigenvalue weighted by molar-refractivity contribution is 0.597. The first kappa shape index (κ1) is 21.6. The van der Waals surface area contributed by atoms with Crippen LogP contribution >= 0.6 is 0 Å². The van der Waals surface area contributed by atoms with Gasteiger partial charge in [-0.05, 0) is 37.3 Å². The summed E-state index contributed by atoms with van der Waals surface area (Å²) in [6.45, 7) is 5.52. The molecule has 1 aromatic heterocycles. The molecular formula is C24H32N6. The molecule has 0 saturated heterocycles. The van der Waals surface area contributed by atoms with Crippen LogP contribution in [0.25, 0.3) is 0 Å². The van der Waals surface area contributed by atoms with Crippen molar-refractivity contribution in [2.24, 2.45) is 4.99 Å². The van der Waals surface area contributed by atoms with Crippen molar-refractivity contribution in [2.75, 3.05) is 19.6 Å². The molecule has 0 bridgehead atoms. The molecule has 1 heterocycles. The molecule has 30 heavy (non-hydrogen) atoms. The van der Waals surface area contributed by atoms with E-state index in [1.807, 2.05) is 4.57 Å². The first-order chi connectivity index (χ1) is 14.8. The molecule has 3 aromatic rings. The first-order valence-electron chi connectivity index (χ1n) is 10.8. The minimum Gasteiger partial charge on any atom is -0.357 e. The van der Waals surface area contributed by atoms with Gasteiger partial charge in [0.25, 0.3) is 0 Å². The molecule has 2 N–H and O–H groups in total. The summed E-state index contributed by atoms with van der Waals surface area (Å²) in [5.74, 6) is 1.23. The van der Waals surface area contributed by atoms with E-state index in [-0.39, 0.29) is 0 Å². The van der Waals surface area contributed by atoms with E-state index in [4.69, 9.17) is 4.99 Å². The summed E-state index contributed by atoms with van der Waals surface area (Å²) in [6.07, 6.45) is 6.64. The van der Waals surface area contributed by atoms with Crippen molar-refractivity contribution >= 4 is 5.96 Å². The molecule has 0 fully saturated rings. The highest BCUT2D eigenvalue weighted by Gasteiger charge is 2.12. The third-order valence-corrected chi connectivity index (χ3v) is 5.01. The SMILES string of the molecule is CCNC(=NCC(Cc1ccccc1)c1ccccc1)NCCCCn1cnnc1. The van der Waals surface area contributed by atoms with Crippen LogP contribution in [0.2, 0.25) is 0 Å². The number of nitrogens with zero attached hydrogens (tertiary/aromatic N) is 4. The van der Waals surface area contributed by atoms with Crippen LogP contribution in [0.4, 0.5) is 0 Å². The van der Waals surface area contributed by atoms with E-state index in [1.165, 1.54) is 11.1 Å². The van der Waals surface area contributed by atoms with E-state index in [0.29, 0.717) is 5.92 Å². The Bertz CT molecular complexity index is 846. The molecule has 0 spiro atoms. The zero-order valence-corrected chi connectivity index (χ0v) is 17.7. The largest absolute Gasteiger partial charge is 0.357 e. The molecule has 6 nitrogen and oxygen atoms in total. The Morgan fingerprint density at radius 3 is 2.33 bits per heavy atom. The number of hydrogen-bond donors (Lipinski definition) is 2. The lowest BCUT2D eigenvalue weighted by atomic mass is 9.92. The summed E-state index contributed by atoms with van der Waals surface area (Å²) in [5.41, 5.74) is 2.67. The van der Waals surface area contributed by atoms with E-state index in [1.54, 1.807) is 12.7 Å². The molecular weight excluding hydrogens is 372 g/mol. The minimum atomic E-state index is 0.345. The van der Waals surface area contributed by atoms with Gasteiger partial charge < -0.3 is 15.2 Å².